The standard InChI is InChI=1S/C16H22N2/c1-13(2)15-8-6-14(7-9-15)12-18-10-4-3-5-16(18)11-17/h6-9,13,16H,3-5,10,12H2,1-2H3. The molecule has 1 saturated heterocycles. The molecule has 0 aromatic heterocycles. The van der Waals surface area contributed by atoms with E-state index >= 15 is 0 Å². The van der Waals surface area contributed by atoms with Crippen LogP contribution in [0, 0.1) is 11.3 Å². The maximum Gasteiger partial charge on any atom is 0.0980 e. The third-order valence-corrected chi connectivity index (χ3v) is 3.79. The van der Waals surface area contributed by atoms with Gasteiger partial charge in [0, 0.05) is 6.54 Å². The topological polar surface area (TPSA) is 27.0 Å². The van der Waals surface area contributed by atoms with Crippen LogP contribution in [0.15, 0.2) is 24.3 Å². The van der Waals surface area contributed by atoms with E-state index in [1.807, 2.05) is 0 Å². The van der Waals surface area contributed by atoms with Gasteiger partial charge >= 0.3 is 0 Å². The van der Waals surface area contributed by atoms with Crippen molar-refractivity contribution in [3.8, 4) is 6.07 Å². The van der Waals surface area contributed by atoms with Gasteiger partial charge in [-0.25, -0.2) is 0 Å². The highest BCUT2D eigenvalue weighted by Crippen LogP contribution is 2.20. The maximum absolute atomic E-state index is 9.16. The van der Waals surface area contributed by atoms with Crippen LogP contribution < -0.4 is 0 Å². The van der Waals surface area contributed by atoms with Crippen molar-refractivity contribution in [2.24, 2.45) is 0 Å². The molecule has 2 nitrogen and oxygen atoms in total. The van der Waals surface area contributed by atoms with Crippen molar-refractivity contribution in [3.05, 3.63) is 35.4 Å². The summed E-state index contributed by atoms with van der Waals surface area (Å²) in [4.78, 5) is 2.31. The van der Waals surface area contributed by atoms with Crippen LogP contribution in [0.25, 0.3) is 0 Å². The molecule has 0 amide bonds. The van der Waals surface area contributed by atoms with E-state index in [0.29, 0.717) is 5.92 Å². The number of nitrogens with zero attached hydrogens (tertiary/aromatic N) is 2. The summed E-state index contributed by atoms with van der Waals surface area (Å²) >= 11 is 0. The second-order valence-electron chi connectivity index (χ2n) is 5.51. The molecule has 1 aliphatic rings. The van der Waals surface area contributed by atoms with Crippen LogP contribution in [-0.4, -0.2) is 17.5 Å². The van der Waals surface area contributed by atoms with E-state index in [2.05, 4.69) is 49.1 Å². The molecule has 1 unspecified atom stereocenters. The second-order valence-corrected chi connectivity index (χ2v) is 5.51. The summed E-state index contributed by atoms with van der Waals surface area (Å²) in [5, 5.41) is 9.16. The normalized spacial score (nSPS) is 20.9. The van der Waals surface area contributed by atoms with E-state index in [1.165, 1.54) is 24.0 Å². The molecule has 1 aromatic rings. The minimum Gasteiger partial charge on any atom is -0.284 e. The lowest BCUT2D eigenvalue weighted by Crippen LogP contribution is -2.37. The van der Waals surface area contributed by atoms with Gasteiger partial charge in [-0.3, -0.25) is 4.90 Å². The fraction of sp³-hybridized carbons (Fsp3) is 0.562. The molecule has 1 aromatic carbocycles. The summed E-state index contributed by atoms with van der Waals surface area (Å²) in [5.41, 5.74) is 2.70. The molecule has 1 aliphatic heterocycles. The molecule has 96 valence electrons. The van der Waals surface area contributed by atoms with Crippen molar-refractivity contribution in [2.75, 3.05) is 6.54 Å². The molecular formula is C16H22N2. The fourth-order valence-electron chi connectivity index (χ4n) is 2.57. The molecule has 0 aliphatic carbocycles. The average Bonchev–Trinajstić information content (AvgIpc) is 2.40. The number of likely N-dealkylation sites (tertiary alicyclic amines) is 1. The molecule has 18 heavy (non-hydrogen) atoms. The number of hydrogen-bond acceptors (Lipinski definition) is 2. The van der Waals surface area contributed by atoms with Crippen LogP contribution in [0.4, 0.5) is 0 Å². The second kappa shape index (κ2) is 6.02. The predicted molar refractivity (Wildman–Crippen MR) is 74.2 cm³/mol. The first-order valence-corrected chi connectivity index (χ1v) is 6.93. The van der Waals surface area contributed by atoms with E-state index < -0.39 is 0 Å². The summed E-state index contributed by atoms with van der Waals surface area (Å²) in [5.74, 6) is 0.584. The smallest absolute Gasteiger partial charge is 0.0980 e. The molecule has 0 radical (unpaired) electrons. The average molecular weight is 242 g/mol. The Hall–Kier alpha value is -1.33. The first-order chi connectivity index (χ1) is 8.70. The Bertz CT molecular complexity index is 414. The first kappa shape index (κ1) is 13.1. The van der Waals surface area contributed by atoms with Gasteiger partial charge in [-0.2, -0.15) is 5.26 Å². The Morgan fingerprint density at radius 3 is 2.61 bits per heavy atom. The van der Waals surface area contributed by atoms with Crippen molar-refractivity contribution >= 4 is 0 Å². The maximum atomic E-state index is 9.16. The fourth-order valence-corrected chi connectivity index (χ4v) is 2.57. The minimum absolute atomic E-state index is 0.114. The zero-order chi connectivity index (χ0) is 13.0. The highest BCUT2D eigenvalue weighted by Gasteiger charge is 2.21. The Balaban J connectivity index is 2.02. The van der Waals surface area contributed by atoms with Crippen molar-refractivity contribution < 1.29 is 0 Å². The van der Waals surface area contributed by atoms with Gasteiger partial charge < -0.3 is 0 Å². The third-order valence-electron chi connectivity index (χ3n) is 3.79. The van der Waals surface area contributed by atoms with Crippen LogP contribution >= 0.6 is 0 Å². The number of nitriles is 1. The quantitative estimate of drug-likeness (QED) is 0.808. The number of rotatable bonds is 3. The molecule has 0 N–H and O–H groups in total. The number of benzene rings is 1. The van der Waals surface area contributed by atoms with Crippen LogP contribution in [0.5, 0.6) is 0 Å². The van der Waals surface area contributed by atoms with E-state index in [1.54, 1.807) is 0 Å². The SMILES string of the molecule is CC(C)c1ccc(CN2CCCCC2C#N)cc1. The summed E-state index contributed by atoms with van der Waals surface area (Å²) in [7, 11) is 0. The van der Waals surface area contributed by atoms with Crippen LogP contribution in [-0.2, 0) is 6.54 Å². The number of piperidine rings is 1. The third kappa shape index (κ3) is 3.11. The van der Waals surface area contributed by atoms with Crippen LogP contribution in [0.2, 0.25) is 0 Å². The van der Waals surface area contributed by atoms with Gasteiger partial charge in [-0.05, 0) is 42.9 Å². The van der Waals surface area contributed by atoms with Gasteiger partial charge in [0.2, 0.25) is 0 Å². The largest absolute Gasteiger partial charge is 0.284 e. The van der Waals surface area contributed by atoms with Crippen LogP contribution in [0.3, 0.4) is 0 Å². The molecule has 1 heterocycles. The first-order valence-electron chi connectivity index (χ1n) is 6.93. The monoisotopic (exact) mass is 242 g/mol. The van der Waals surface area contributed by atoms with E-state index in [0.717, 1.165) is 19.5 Å². The van der Waals surface area contributed by atoms with E-state index in [9.17, 15) is 0 Å². The molecule has 1 fully saturated rings. The summed E-state index contributed by atoms with van der Waals surface area (Å²) in [6, 6.07) is 11.4. The molecule has 2 heteroatoms. The molecule has 0 saturated carbocycles. The summed E-state index contributed by atoms with van der Waals surface area (Å²) in [6.45, 7) is 6.40. The van der Waals surface area contributed by atoms with E-state index in [4.69, 9.17) is 5.26 Å². The summed E-state index contributed by atoms with van der Waals surface area (Å²) < 4.78 is 0. The Morgan fingerprint density at radius 2 is 2.00 bits per heavy atom. The molecule has 0 spiro atoms. The van der Waals surface area contributed by atoms with Gasteiger partial charge in [0.25, 0.3) is 0 Å². The lowest BCUT2D eigenvalue weighted by atomic mass is 10.00. The number of hydrogen-bond donors (Lipinski definition) is 0. The zero-order valence-corrected chi connectivity index (χ0v) is 11.4. The molecule has 2 rings (SSSR count). The van der Waals surface area contributed by atoms with Crippen LogP contribution in [0.1, 0.15) is 50.2 Å². The Labute approximate surface area is 110 Å². The van der Waals surface area contributed by atoms with Gasteiger partial charge in [-0.1, -0.05) is 38.1 Å². The minimum atomic E-state index is 0.114. The highest BCUT2D eigenvalue weighted by atomic mass is 15.2. The predicted octanol–water partition coefficient (Wildman–Crippen LogP) is 3.69. The van der Waals surface area contributed by atoms with Crippen molar-refractivity contribution in [1.82, 2.24) is 4.90 Å². The van der Waals surface area contributed by atoms with Gasteiger partial charge in [0.1, 0.15) is 0 Å². The Kier molecular flexibility index (Phi) is 4.38. The lowest BCUT2D eigenvalue weighted by Gasteiger charge is -2.31. The summed E-state index contributed by atoms with van der Waals surface area (Å²) in [6.07, 6.45) is 3.45. The zero-order valence-electron chi connectivity index (χ0n) is 11.4. The molecule has 1 atom stereocenters. The van der Waals surface area contributed by atoms with E-state index in [-0.39, 0.29) is 6.04 Å². The van der Waals surface area contributed by atoms with Gasteiger partial charge in [-0.15, -0.1) is 0 Å². The van der Waals surface area contributed by atoms with Crippen molar-refractivity contribution in [1.29, 1.82) is 5.26 Å². The lowest BCUT2D eigenvalue weighted by molar-refractivity contribution is 0.176. The highest BCUT2D eigenvalue weighted by molar-refractivity contribution is 5.24. The van der Waals surface area contributed by atoms with Gasteiger partial charge in [0.05, 0.1) is 12.1 Å². The molecular weight excluding hydrogens is 220 g/mol. The molecule has 0 bridgehead atoms. The van der Waals surface area contributed by atoms with Gasteiger partial charge in [0.15, 0.2) is 0 Å². The van der Waals surface area contributed by atoms with Crippen molar-refractivity contribution in [3.63, 3.8) is 0 Å². The van der Waals surface area contributed by atoms with Crippen molar-refractivity contribution in [2.45, 2.75) is 51.6 Å². The Morgan fingerprint density at radius 1 is 1.28 bits per heavy atom.